The van der Waals surface area contributed by atoms with Gasteiger partial charge in [0.1, 0.15) is 5.60 Å². The molecule has 2 heterocycles. The number of aromatic nitrogens is 1. The molecule has 8 heteroatoms. The van der Waals surface area contributed by atoms with Gasteiger partial charge in [-0.1, -0.05) is 25.9 Å². The summed E-state index contributed by atoms with van der Waals surface area (Å²) < 4.78 is 10.5. The van der Waals surface area contributed by atoms with Gasteiger partial charge in [-0.05, 0) is 33.6 Å². The van der Waals surface area contributed by atoms with Crippen LogP contribution in [0.15, 0.2) is 10.6 Å². The fourth-order valence-electron chi connectivity index (χ4n) is 2.78. The summed E-state index contributed by atoms with van der Waals surface area (Å²) in [4.78, 5) is 26.1. The maximum atomic E-state index is 12.2. The third kappa shape index (κ3) is 7.21. The van der Waals surface area contributed by atoms with Crippen LogP contribution in [0.2, 0.25) is 0 Å². The quantitative estimate of drug-likeness (QED) is 0.834. The van der Waals surface area contributed by atoms with Gasteiger partial charge in [0.25, 0.3) is 0 Å². The van der Waals surface area contributed by atoms with Gasteiger partial charge in [0, 0.05) is 30.6 Å². The highest BCUT2D eigenvalue weighted by atomic mass is 16.6. The van der Waals surface area contributed by atoms with Crippen molar-refractivity contribution in [2.75, 3.05) is 25.0 Å². The molecular weight excluding hydrogens is 348 g/mol. The van der Waals surface area contributed by atoms with Gasteiger partial charge >= 0.3 is 6.09 Å². The Balaban J connectivity index is 1.73. The van der Waals surface area contributed by atoms with Crippen LogP contribution in [0, 0.1) is 0 Å². The van der Waals surface area contributed by atoms with Crippen LogP contribution in [0.1, 0.15) is 60.1 Å². The maximum absolute atomic E-state index is 12.2. The molecule has 0 unspecified atom stereocenters. The van der Waals surface area contributed by atoms with E-state index in [1.165, 1.54) is 0 Å². The Hall–Kier alpha value is -2.09. The lowest BCUT2D eigenvalue weighted by atomic mass is 9.92. The molecule has 0 bridgehead atoms. The van der Waals surface area contributed by atoms with Gasteiger partial charge in [0.05, 0.1) is 12.2 Å². The largest absolute Gasteiger partial charge is 0.444 e. The Labute approximate surface area is 161 Å². The molecule has 27 heavy (non-hydrogen) atoms. The van der Waals surface area contributed by atoms with Gasteiger partial charge in [0.2, 0.25) is 11.8 Å². The summed E-state index contributed by atoms with van der Waals surface area (Å²) in [6, 6.07) is 1.83. The lowest BCUT2D eigenvalue weighted by molar-refractivity contribution is -0.117. The van der Waals surface area contributed by atoms with Crippen molar-refractivity contribution in [2.24, 2.45) is 0 Å². The minimum absolute atomic E-state index is 0.0720. The highest BCUT2D eigenvalue weighted by molar-refractivity contribution is 5.91. The van der Waals surface area contributed by atoms with Crippen LogP contribution in [-0.2, 0) is 14.9 Å². The molecule has 0 aliphatic carbocycles. The predicted octanol–water partition coefficient (Wildman–Crippen LogP) is 2.90. The molecule has 0 spiro atoms. The molecule has 0 radical (unpaired) electrons. The number of amides is 2. The minimum Gasteiger partial charge on any atom is -0.444 e. The van der Waals surface area contributed by atoms with Crippen molar-refractivity contribution in [3.05, 3.63) is 11.8 Å². The second-order valence-electron chi connectivity index (χ2n) is 9.07. The van der Waals surface area contributed by atoms with E-state index >= 15 is 0 Å². The summed E-state index contributed by atoms with van der Waals surface area (Å²) in [5, 5.41) is 9.64. The second kappa shape index (κ2) is 8.29. The van der Waals surface area contributed by atoms with Crippen molar-refractivity contribution in [1.29, 1.82) is 0 Å². The van der Waals surface area contributed by atoms with Gasteiger partial charge in [-0.2, -0.15) is 0 Å². The third-order valence-electron chi connectivity index (χ3n) is 4.22. The smallest absolute Gasteiger partial charge is 0.407 e. The standard InChI is InChI=1S/C19H32N4O4/c1-18(2,3)14-11-16(27-22-14)21-15(24)12-23-9-7-13(8-10-23)20-17(25)26-19(4,5)6/h11,13H,7-10,12H2,1-6H3,(H,20,25)(H,21,24). The molecule has 152 valence electrons. The topological polar surface area (TPSA) is 96.7 Å². The minimum atomic E-state index is -0.504. The molecule has 2 amide bonds. The lowest BCUT2D eigenvalue weighted by Gasteiger charge is -2.32. The Bertz CT molecular complexity index is 649. The SMILES string of the molecule is CC(C)(C)OC(=O)NC1CCN(CC(=O)Nc2cc(C(C)(C)C)no2)CC1. The van der Waals surface area contributed by atoms with Crippen LogP contribution >= 0.6 is 0 Å². The summed E-state index contributed by atoms with van der Waals surface area (Å²) >= 11 is 0. The summed E-state index contributed by atoms with van der Waals surface area (Å²) in [7, 11) is 0. The number of carbonyl (C=O) groups is 2. The van der Waals surface area contributed by atoms with E-state index in [4.69, 9.17) is 9.26 Å². The molecule has 1 fully saturated rings. The van der Waals surface area contributed by atoms with E-state index in [-0.39, 0.29) is 23.9 Å². The number of hydrogen-bond donors (Lipinski definition) is 2. The summed E-state index contributed by atoms with van der Waals surface area (Å²) in [5.41, 5.74) is 0.165. The average molecular weight is 380 g/mol. The molecule has 1 aliphatic heterocycles. The number of ether oxygens (including phenoxy) is 1. The van der Waals surface area contributed by atoms with Crippen LogP contribution in [0.5, 0.6) is 0 Å². The first-order chi connectivity index (χ1) is 12.4. The number of hydrogen-bond acceptors (Lipinski definition) is 6. The van der Waals surface area contributed by atoms with Crippen molar-refractivity contribution in [2.45, 2.75) is 71.4 Å². The Morgan fingerprint density at radius 2 is 1.85 bits per heavy atom. The zero-order valence-corrected chi connectivity index (χ0v) is 17.2. The number of likely N-dealkylation sites (tertiary alicyclic amines) is 1. The lowest BCUT2D eigenvalue weighted by Crippen LogP contribution is -2.47. The molecule has 8 nitrogen and oxygen atoms in total. The van der Waals surface area contributed by atoms with E-state index < -0.39 is 11.7 Å². The molecule has 1 aromatic rings. The second-order valence-corrected chi connectivity index (χ2v) is 9.07. The van der Waals surface area contributed by atoms with Crippen molar-refractivity contribution >= 4 is 17.9 Å². The van der Waals surface area contributed by atoms with E-state index in [1.807, 2.05) is 41.5 Å². The highest BCUT2D eigenvalue weighted by Gasteiger charge is 2.25. The van der Waals surface area contributed by atoms with E-state index in [9.17, 15) is 9.59 Å². The fraction of sp³-hybridized carbons (Fsp3) is 0.737. The van der Waals surface area contributed by atoms with Crippen LogP contribution < -0.4 is 10.6 Å². The van der Waals surface area contributed by atoms with E-state index in [2.05, 4.69) is 20.7 Å². The Morgan fingerprint density at radius 3 is 2.37 bits per heavy atom. The third-order valence-corrected chi connectivity index (χ3v) is 4.22. The first-order valence-electron chi connectivity index (χ1n) is 9.41. The Morgan fingerprint density at radius 1 is 1.22 bits per heavy atom. The number of nitrogens with zero attached hydrogens (tertiary/aromatic N) is 2. The van der Waals surface area contributed by atoms with Gasteiger partial charge in [-0.15, -0.1) is 0 Å². The van der Waals surface area contributed by atoms with Crippen LogP contribution in [0.3, 0.4) is 0 Å². The molecule has 1 aliphatic rings. The predicted molar refractivity (Wildman–Crippen MR) is 103 cm³/mol. The van der Waals surface area contributed by atoms with Crippen LogP contribution in [0.25, 0.3) is 0 Å². The molecule has 0 saturated carbocycles. The van der Waals surface area contributed by atoms with E-state index in [0.717, 1.165) is 31.6 Å². The molecule has 2 N–H and O–H groups in total. The number of carbonyl (C=O) groups excluding carboxylic acids is 2. The van der Waals surface area contributed by atoms with Gasteiger partial charge in [-0.3, -0.25) is 15.0 Å². The van der Waals surface area contributed by atoms with E-state index in [1.54, 1.807) is 6.07 Å². The van der Waals surface area contributed by atoms with Crippen LogP contribution in [-0.4, -0.2) is 53.3 Å². The zero-order chi connectivity index (χ0) is 20.2. The Kier molecular flexibility index (Phi) is 6.51. The van der Waals surface area contributed by atoms with Gasteiger partial charge in [0.15, 0.2) is 0 Å². The zero-order valence-electron chi connectivity index (χ0n) is 17.2. The average Bonchev–Trinajstić information content (AvgIpc) is 2.95. The number of rotatable bonds is 4. The molecule has 1 saturated heterocycles. The van der Waals surface area contributed by atoms with Crippen molar-refractivity contribution < 1.29 is 18.8 Å². The van der Waals surface area contributed by atoms with Crippen molar-refractivity contribution in [3.8, 4) is 0 Å². The fourth-order valence-corrected chi connectivity index (χ4v) is 2.78. The normalized spacial score (nSPS) is 16.8. The first kappa shape index (κ1) is 21.2. The van der Waals surface area contributed by atoms with Crippen molar-refractivity contribution in [1.82, 2.24) is 15.4 Å². The number of piperidine rings is 1. The van der Waals surface area contributed by atoms with Crippen molar-refractivity contribution in [3.63, 3.8) is 0 Å². The number of alkyl carbamates (subject to hydrolysis) is 1. The summed E-state index contributed by atoms with van der Waals surface area (Å²) in [6.45, 7) is 13.4. The molecule has 1 aromatic heterocycles. The molecule has 2 rings (SSSR count). The molecule has 0 aromatic carbocycles. The maximum Gasteiger partial charge on any atom is 0.407 e. The molecule has 0 atom stereocenters. The number of anilines is 1. The highest BCUT2D eigenvalue weighted by Crippen LogP contribution is 2.23. The van der Waals surface area contributed by atoms with Gasteiger partial charge < -0.3 is 14.6 Å². The monoisotopic (exact) mass is 380 g/mol. The molecular formula is C19H32N4O4. The van der Waals surface area contributed by atoms with Crippen LogP contribution in [0.4, 0.5) is 10.7 Å². The first-order valence-corrected chi connectivity index (χ1v) is 9.41. The number of nitrogens with one attached hydrogen (secondary N) is 2. The summed E-state index contributed by atoms with van der Waals surface area (Å²) in [5.74, 6) is 0.233. The summed E-state index contributed by atoms with van der Waals surface area (Å²) in [6.07, 6.45) is 1.17. The van der Waals surface area contributed by atoms with E-state index in [0.29, 0.717) is 5.88 Å². The van der Waals surface area contributed by atoms with Gasteiger partial charge in [-0.25, -0.2) is 4.79 Å².